The van der Waals surface area contributed by atoms with Gasteiger partial charge in [0.1, 0.15) is 5.75 Å². The fraction of sp³-hybridized carbons (Fsp3) is 0. The first-order valence-electron chi connectivity index (χ1n) is 6.80. The van der Waals surface area contributed by atoms with E-state index in [-0.39, 0.29) is 5.75 Å². The van der Waals surface area contributed by atoms with Crippen molar-refractivity contribution in [2.45, 2.75) is 0 Å². The number of aliphatic imine (C=N–C) groups is 1. The summed E-state index contributed by atoms with van der Waals surface area (Å²) >= 11 is 0. The molecule has 0 amide bonds. The Labute approximate surface area is 124 Å². The first-order valence-corrected chi connectivity index (χ1v) is 6.80. The molecule has 0 aliphatic heterocycles. The van der Waals surface area contributed by atoms with Crippen LogP contribution in [-0.2, 0) is 0 Å². The molecule has 0 radical (unpaired) electrons. The number of aromatic hydroxyl groups is 1. The molecule has 3 aromatic carbocycles. The third-order valence-corrected chi connectivity index (χ3v) is 3.19. The number of hydrogen-bond donors (Lipinski definition) is 1. The van der Waals surface area contributed by atoms with Crippen molar-refractivity contribution in [2.75, 3.05) is 0 Å². The van der Waals surface area contributed by atoms with Gasteiger partial charge >= 0.3 is 0 Å². The van der Waals surface area contributed by atoms with Gasteiger partial charge in [-0.1, -0.05) is 54.6 Å². The van der Waals surface area contributed by atoms with Crippen molar-refractivity contribution in [3.8, 4) is 16.9 Å². The molecule has 0 fully saturated rings. The van der Waals surface area contributed by atoms with Crippen LogP contribution in [0.25, 0.3) is 11.1 Å². The second-order valence-electron chi connectivity index (χ2n) is 4.77. The van der Waals surface area contributed by atoms with Crippen molar-refractivity contribution in [3.63, 3.8) is 0 Å². The minimum Gasteiger partial charge on any atom is -0.508 e. The molecular weight excluding hydrogens is 258 g/mol. The fourth-order valence-corrected chi connectivity index (χ4v) is 2.15. The van der Waals surface area contributed by atoms with Crippen molar-refractivity contribution < 1.29 is 5.11 Å². The molecule has 0 bridgehead atoms. The summed E-state index contributed by atoms with van der Waals surface area (Å²) in [4.78, 5) is 4.39. The zero-order valence-corrected chi connectivity index (χ0v) is 11.5. The molecule has 2 nitrogen and oxygen atoms in total. The zero-order chi connectivity index (χ0) is 14.5. The summed E-state index contributed by atoms with van der Waals surface area (Å²) in [6.07, 6.45) is 1.81. The van der Waals surface area contributed by atoms with E-state index >= 15 is 0 Å². The summed E-state index contributed by atoms with van der Waals surface area (Å²) in [5.41, 5.74) is 4.11. The van der Waals surface area contributed by atoms with Gasteiger partial charge in [0.05, 0.1) is 5.69 Å². The predicted octanol–water partition coefficient (Wildman–Crippen LogP) is 4.81. The van der Waals surface area contributed by atoms with Crippen molar-refractivity contribution in [3.05, 3.63) is 84.4 Å². The van der Waals surface area contributed by atoms with Crippen LogP contribution in [0.1, 0.15) is 5.56 Å². The molecule has 0 aliphatic carbocycles. The van der Waals surface area contributed by atoms with Crippen LogP contribution in [0.2, 0.25) is 0 Å². The molecule has 0 aromatic heterocycles. The molecule has 0 atom stereocenters. The van der Waals surface area contributed by atoms with Gasteiger partial charge in [-0.25, -0.2) is 0 Å². The number of hydrogen-bond acceptors (Lipinski definition) is 2. The van der Waals surface area contributed by atoms with E-state index in [1.165, 1.54) is 5.56 Å². The standard InChI is InChI=1S/C19H15NO/c21-19-11-5-10-18(13-19)20-14-15-6-4-9-17(12-15)16-7-2-1-3-8-16/h1-14,21H. The van der Waals surface area contributed by atoms with Gasteiger partial charge in [0, 0.05) is 12.3 Å². The second-order valence-corrected chi connectivity index (χ2v) is 4.77. The molecule has 1 N–H and O–H groups in total. The average molecular weight is 273 g/mol. The Kier molecular flexibility index (Phi) is 3.79. The molecule has 0 aliphatic rings. The van der Waals surface area contributed by atoms with Gasteiger partial charge in [-0.15, -0.1) is 0 Å². The van der Waals surface area contributed by atoms with Crippen LogP contribution < -0.4 is 0 Å². The van der Waals surface area contributed by atoms with Crippen molar-refractivity contribution in [1.82, 2.24) is 0 Å². The van der Waals surface area contributed by atoms with E-state index in [4.69, 9.17) is 0 Å². The van der Waals surface area contributed by atoms with Crippen molar-refractivity contribution >= 4 is 11.9 Å². The quantitative estimate of drug-likeness (QED) is 0.682. The smallest absolute Gasteiger partial charge is 0.117 e. The largest absolute Gasteiger partial charge is 0.508 e. The van der Waals surface area contributed by atoms with Gasteiger partial charge in [0.15, 0.2) is 0 Å². The van der Waals surface area contributed by atoms with E-state index in [0.29, 0.717) is 0 Å². The lowest BCUT2D eigenvalue weighted by Gasteiger charge is -2.02. The van der Waals surface area contributed by atoms with Gasteiger partial charge in [-0.2, -0.15) is 0 Å². The molecule has 0 saturated heterocycles. The molecule has 0 heterocycles. The van der Waals surface area contributed by atoms with E-state index in [9.17, 15) is 5.11 Å². The number of phenols is 1. The van der Waals surface area contributed by atoms with Crippen LogP contribution in [0.4, 0.5) is 5.69 Å². The summed E-state index contributed by atoms with van der Waals surface area (Å²) in [5, 5.41) is 9.43. The Balaban J connectivity index is 1.87. The lowest BCUT2D eigenvalue weighted by atomic mass is 10.0. The summed E-state index contributed by atoms with van der Waals surface area (Å²) < 4.78 is 0. The Hall–Kier alpha value is -2.87. The van der Waals surface area contributed by atoms with Gasteiger partial charge < -0.3 is 5.11 Å². The Morgan fingerprint density at radius 1 is 0.714 bits per heavy atom. The average Bonchev–Trinajstić information content (AvgIpc) is 2.54. The number of phenolic OH excluding ortho intramolecular Hbond substituents is 1. The topological polar surface area (TPSA) is 32.6 Å². The molecule has 21 heavy (non-hydrogen) atoms. The van der Waals surface area contributed by atoms with Crippen LogP contribution in [-0.4, -0.2) is 11.3 Å². The summed E-state index contributed by atoms with van der Waals surface area (Å²) in [6, 6.07) is 25.4. The van der Waals surface area contributed by atoms with Crippen LogP contribution >= 0.6 is 0 Å². The minimum atomic E-state index is 0.225. The van der Waals surface area contributed by atoms with Gasteiger partial charge in [-0.3, -0.25) is 4.99 Å². The lowest BCUT2D eigenvalue weighted by molar-refractivity contribution is 0.475. The van der Waals surface area contributed by atoms with Crippen LogP contribution in [0.3, 0.4) is 0 Å². The monoisotopic (exact) mass is 273 g/mol. The lowest BCUT2D eigenvalue weighted by Crippen LogP contribution is -1.83. The van der Waals surface area contributed by atoms with E-state index in [0.717, 1.165) is 16.8 Å². The zero-order valence-electron chi connectivity index (χ0n) is 11.5. The molecule has 0 spiro atoms. The fourth-order valence-electron chi connectivity index (χ4n) is 2.15. The Bertz CT molecular complexity index is 763. The van der Waals surface area contributed by atoms with Gasteiger partial charge in [0.25, 0.3) is 0 Å². The van der Waals surface area contributed by atoms with Crippen molar-refractivity contribution in [2.24, 2.45) is 4.99 Å². The number of nitrogens with zero attached hydrogens (tertiary/aromatic N) is 1. The van der Waals surface area contributed by atoms with Gasteiger partial charge in [-0.05, 0) is 34.9 Å². The SMILES string of the molecule is Oc1cccc(N=Cc2cccc(-c3ccccc3)c2)c1. The Morgan fingerprint density at radius 2 is 1.48 bits per heavy atom. The first kappa shape index (κ1) is 13.1. The molecule has 2 heteroatoms. The third-order valence-electron chi connectivity index (χ3n) is 3.19. The van der Waals surface area contributed by atoms with Crippen LogP contribution in [0.5, 0.6) is 5.75 Å². The summed E-state index contributed by atoms with van der Waals surface area (Å²) in [6.45, 7) is 0. The van der Waals surface area contributed by atoms with Crippen LogP contribution in [0, 0.1) is 0 Å². The maximum atomic E-state index is 9.43. The molecule has 102 valence electrons. The van der Waals surface area contributed by atoms with E-state index < -0.39 is 0 Å². The molecular formula is C19H15NO. The first-order chi connectivity index (χ1) is 10.3. The maximum Gasteiger partial charge on any atom is 0.117 e. The minimum absolute atomic E-state index is 0.225. The Morgan fingerprint density at radius 3 is 2.29 bits per heavy atom. The normalized spacial score (nSPS) is 10.9. The molecule has 0 saturated carbocycles. The second kappa shape index (κ2) is 6.06. The highest BCUT2D eigenvalue weighted by molar-refractivity contribution is 5.84. The van der Waals surface area contributed by atoms with Gasteiger partial charge in [0.2, 0.25) is 0 Å². The summed E-state index contributed by atoms with van der Waals surface area (Å²) in [7, 11) is 0. The molecule has 0 unspecified atom stereocenters. The highest BCUT2D eigenvalue weighted by Crippen LogP contribution is 2.21. The highest BCUT2D eigenvalue weighted by atomic mass is 16.3. The maximum absolute atomic E-state index is 9.43. The van der Waals surface area contributed by atoms with Crippen LogP contribution in [0.15, 0.2) is 83.9 Å². The highest BCUT2D eigenvalue weighted by Gasteiger charge is 1.97. The predicted molar refractivity (Wildman–Crippen MR) is 87.2 cm³/mol. The number of benzene rings is 3. The summed E-state index contributed by atoms with van der Waals surface area (Å²) in [5.74, 6) is 0.225. The number of rotatable bonds is 3. The van der Waals surface area contributed by atoms with Crippen molar-refractivity contribution in [1.29, 1.82) is 0 Å². The molecule has 3 rings (SSSR count). The van der Waals surface area contributed by atoms with E-state index in [1.54, 1.807) is 24.4 Å². The third kappa shape index (κ3) is 3.37. The van der Waals surface area contributed by atoms with E-state index in [1.807, 2.05) is 36.4 Å². The molecule has 3 aromatic rings. The van der Waals surface area contributed by atoms with E-state index in [2.05, 4.69) is 29.3 Å².